The largest absolute Gasteiger partial charge is 0.383 e. The first kappa shape index (κ1) is 13.5. The van der Waals surface area contributed by atoms with Crippen LogP contribution in [0.3, 0.4) is 0 Å². The van der Waals surface area contributed by atoms with Crippen molar-refractivity contribution < 1.29 is 9.50 Å². The lowest BCUT2D eigenvalue weighted by Gasteiger charge is -2.12. The predicted octanol–water partition coefficient (Wildman–Crippen LogP) is 4.55. The molecule has 0 bridgehead atoms. The molecule has 0 saturated heterocycles. The van der Waals surface area contributed by atoms with E-state index < -0.39 is 6.10 Å². The fourth-order valence-electron chi connectivity index (χ4n) is 1.78. The van der Waals surface area contributed by atoms with E-state index in [1.807, 2.05) is 19.9 Å². The lowest BCUT2D eigenvalue weighted by Crippen LogP contribution is -2.00. The third-order valence-electron chi connectivity index (χ3n) is 3.03. The molecule has 1 N–H and O–H groups in total. The average molecular weight is 285 g/mol. The number of aliphatic hydroxyl groups is 1. The maximum atomic E-state index is 13.3. The lowest BCUT2D eigenvalue weighted by molar-refractivity contribution is 0.224. The number of aliphatic hydroxyl groups excluding tert-OH is 1. The topological polar surface area (TPSA) is 20.2 Å². The average Bonchev–Trinajstić information content (AvgIpc) is 2.63. The summed E-state index contributed by atoms with van der Waals surface area (Å²) < 4.78 is 13.3. The summed E-state index contributed by atoms with van der Waals surface area (Å²) in [7, 11) is 0. The van der Waals surface area contributed by atoms with E-state index in [0.717, 1.165) is 10.4 Å². The van der Waals surface area contributed by atoms with E-state index in [-0.39, 0.29) is 10.8 Å². The van der Waals surface area contributed by atoms with Gasteiger partial charge >= 0.3 is 0 Å². The van der Waals surface area contributed by atoms with E-state index in [2.05, 4.69) is 0 Å². The van der Waals surface area contributed by atoms with Crippen LogP contribution in [0.4, 0.5) is 4.39 Å². The maximum Gasteiger partial charge on any atom is 0.127 e. The van der Waals surface area contributed by atoms with Crippen molar-refractivity contribution >= 4 is 22.9 Å². The monoisotopic (exact) mass is 284 g/mol. The van der Waals surface area contributed by atoms with Crippen molar-refractivity contribution in [1.29, 1.82) is 0 Å². The predicted molar refractivity (Wildman–Crippen MR) is 74.0 cm³/mol. The number of thiophene rings is 1. The van der Waals surface area contributed by atoms with Crippen LogP contribution in [-0.4, -0.2) is 5.11 Å². The summed E-state index contributed by atoms with van der Waals surface area (Å²) >= 11 is 7.53. The molecular formula is C14H14ClFOS. The third-order valence-corrected chi connectivity index (χ3v) is 4.56. The van der Waals surface area contributed by atoms with Crippen LogP contribution in [0.15, 0.2) is 18.2 Å². The minimum atomic E-state index is -0.797. The summed E-state index contributed by atoms with van der Waals surface area (Å²) in [6.07, 6.45) is -0.797. The molecule has 0 amide bonds. The maximum absolute atomic E-state index is 13.3. The summed E-state index contributed by atoms with van der Waals surface area (Å²) in [5.41, 5.74) is 2.18. The molecule has 96 valence electrons. The highest BCUT2D eigenvalue weighted by Gasteiger charge is 2.18. The number of benzene rings is 1. The molecule has 0 saturated carbocycles. The van der Waals surface area contributed by atoms with Crippen molar-refractivity contribution in [1.82, 2.24) is 0 Å². The first-order chi connectivity index (χ1) is 8.40. The van der Waals surface area contributed by atoms with Crippen molar-refractivity contribution in [2.75, 3.05) is 0 Å². The van der Waals surface area contributed by atoms with Gasteiger partial charge in [0.2, 0.25) is 0 Å². The molecule has 1 nitrogen and oxygen atoms in total. The zero-order chi connectivity index (χ0) is 13.4. The van der Waals surface area contributed by atoms with Crippen LogP contribution in [0.5, 0.6) is 0 Å². The smallest absolute Gasteiger partial charge is 0.127 e. The lowest BCUT2D eigenvalue weighted by atomic mass is 10.0. The van der Waals surface area contributed by atoms with Gasteiger partial charge in [-0.3, -0.25) is 0 Å². The van der Waals surface area contributed by atoms with E-state index in [4.69, 9.17) is 11.6 Å². The normalized spacial score (nSPS) is 12.8. The molecular weight excluding hydrogens is 271 g/mol. The zero-order valence-electron chi connectivity index (χ0n) is 10.4. The van der Waals surface area contributed by atoms with Crippen molar-refractivity contribution in [3.8, 4) is 0 Å². The van der Waals surface area contributed by atoms with Crippen molar-refractivity contribution in [2.24, 2.45) is 0 Å². The molecule has 1 atom stereocenters. The number of halogens is 2. The number of hydrogen-bond acceptors (Lipinski definition) is 2. The fourth-order valence-corrected chi connectivity index (χ4v) is 3.08. The van der Waals surface area contributed by atoms with E-state index in [0.29, 0.717) is 11.1 Å². The zero-order valence-corrected chi connectivity index (χ0v) is 12.0. The summed E-state index contributed by atoms with van der Waals surface area (Å²) in [4.78, 5) is 2.00. The van der Waals surface area contributed by atoms with Crippen LogP contribution in [-0.2, 0) is 0 Å². The first-order valence-electron chi connectivity index (χ1n) is 5.60. The van der Waals surface area contributed by atoms with E-state index in [1.165, 1.54) is 22.3 Å². The molecule has 2 aromatic rings. The van der Waals surface area contributed by atoms with Crippen LogP contribution in [0.1, 0.15) is 32.5 Å². The number of aryl methyl sites for hydroxylation is 3. The fraction of sp³-hybridized carbons (Fsp3) is 0.286. The SMILES string of the molecule is Cc1cc(C(O)c2cc(C)c(C)s2)c(Cl)cc1F. The third kappa shape index (κ3) is 2.44. The van der Waals surface area contributed by atoms with Crippen LogP contribution in [0, 0.1) is 26.6 Å². The van der Waals surface area contributed by atoms with Gasteiger partial charge in [-0.05, 0) is 50.1 Å². The van der Waals surface area contributed by atoms with Crippen LogP contribution >= 0.6 is 22.9 Å². The molecule has 0 fully saturated rings. The molecule has 0 aliphatic heterocycles. The molecule has 1 unspecified atom stereocenters. The van der Waals surface area contributed by atoms with Gasteiger partial charge in [0.25, 0.3) is 0 Å². The van der Waals surface area contributed by atoms with Crippen molar-refractivity contribution in [3.63, 3.8) is 0 Å². The summed E-state index contributed by atoms with van der Waals surface area (Å²) in [5.74, 6) is -0.352. The molecule has 4 heteroatoms. The van der Waals surface area contributed by atoms with Crippen molar-refractivity contribution in [3.05, 3.63) is 55.5 Å². The summed E-state index contributed by atoms with van der Waals surface area (Å²) in [5, 5.41) is 10.6. The van der Waals surface area contributed by atoms with Gasteiger partial charge in [-0.15, -0.1) is 11.3 Å². The Hall–Kier alpha value is -0.900. The van der Waals surface area contributed by atoms with Crippen molar-refractivity contribution in [2.45, 2.75) is 26.9 Å². The molecule has 2 rings (SSSR count). The Kier molecular flexibility index (Phi) is 3.76. The Morgan fingerprint density at radius 3 is 2.39 bits per heavy atom. The standard InChI is InChI=1S/C14H14ClFOS/c1-7-5-13(18-9(7)3)14(17)10-4-8(2)12(16)6-11(10)15/h4-6,14,17H,1-3H3. The number of rotatable bonds is 2. The highest BCUT2D eigenvalue weighted by Crippen LogP contribution is 2.34. The molecule has 0 aliphatic carbocycles. The molecule has 1 heterocycles. The number of hydrogen-bond donors (Lipinski definition) is 1. The highest BCUT2D eigenvalue weighted by atomic mass is 35.5. The minimum Gasteiger partial charge on any atom is -0.383 e. The van der Waals surface area contributed by atoms with Gasteiger partial charge in [0.15, 0.2) is 0 Å². The molecule has 1 aromatic carbocycles. The van der Waals surface area contributed by atoms with Crippen LogP contribution in [0.25, 0.3) is 0 Å². The van der Waals surface area contributed by atoms with Gasteiger partial charge in [0.05, 0.1) is 0 Å². The van der Waals surface area contributed by atoms with E-state index >= 15 is 0 Å². The Morgan fingerprint density at radius 1 is 1.17 bits per heavy atom. The molecule has 0 radical (unpaired) electrons. The van der Waals surface area contributed by atoms with Gasteiger partial charge in [-0.2, -0.15) is 0 Å². The summed E-state index contributed by atoms with van der Waals surface area (Å²) in [6.45, 7) is 5.67. The van der Waals surface area contributed by atoms with E-state index in [9.17, 15) is 9.50 Å². The quantitative estimate of drug-likeness (QED) is 0.858. The highest BCUT2D eigenvalue weighted by molar-refractivity contribution is 7.12. The Bertz CT molecular complexity index is 572. The van der Waals surface area contributed by atoms with Crippen LogP contribution < -0.4 is 0 Å². The molecule has 18 heavy (non-hydrogen) atoms. The van der Waals surface area contributed by atoms with Gasteiger partial charge in [-0.25, -0.2) is 4.39 Å². The van der Waals surface area contributed by atoms with Gasteiger partial charge in [-0.1, -0.05) is 11.6 Å². The Balaban J connectivity index is 2.45. The van der Waals surface area contributed by atoms with E-state index in [1.54, 1.807) is 13.0 Å². The molecule has 1 aromatic heterocycles. The molecule has 0 spiro atoms. The van der Waals surface area contributed by atoms with Gasteiger partial charge < -0.3 is 5.11 Å². The summed E-state index contributed by atoms with van der Waals surface area (Å²) in [6, 6.07) is 4.80. The first-order valence-corrected chi connectivity index (χ1v) is 6.80. The second-order valence-corrected chi connectivity index (χ2v) is 6.11. The minimum absolute atomic E-state index is 0.259. The molecule has 0 aliphatic rings. The van der Waals surface area contributed by atoms with Crippen LogP contribution in [0.2, 0.25) is 5.02 Å². The van der Waals surface area contributed by atoms with Gasteiger partial charge in [0.1, 0.15) is 11.9 Å². The Labute approximate surface area is 115 Å². The second-order valence-electron chi connectivity index (χ2n) is 4.41. The second kappa shape index (κ2) is 5.00. The van der Waals surface area contributed by atoms with Gasteiger partial charge in [0, 0.05) is 20.3 Å². The Morgan fingerprint density at radius 2 is 1.83 bits per heavy atom.